The van der Waals surface area contributed by atoms with E-state index in [9.17, 15) is 4.79 Å². The molecule has 0 radical (unpaired) electrons. The third kappa shape index (κ3) is 1.57. The third-order valence-corrected chi connectivity index (χ3v) is 2.92. The summed E-state index contributed by atoms with van der Waals surface area (Å²) < 4.78 is 10.4. The Morgan fingerprint density at radius 1 is 1.35 bits per heavy atom. The fraction of sp³-hybridized carbons (Fsp3) is 0.364. The molecule has 3 N–H and O–H groups in total. The number of likely N-dealkylation sites (tertiary alicyclic amines) is 1. The van der Waals surface area contributed by atoms with Crippen LogP contribution >= 0.6 is 0 Å². The van der Waals surface area contributed by atoms with Crippen molar-refractivity contribution < 1.29 is 19.4 Å². The molecule has 2 aliphatic rings. The first-order valence-corrected chi connectivity index (χ1v) is 5.31. The number of nitrogen functional groups attached to an aromatic ring is 1. The van der Waals surface area contributed by atoms with E-state index in [0.717, 1.165) is 0 Å². The maximum absolute atomic E-state index is 12.0. The van der Waals surface area contributed by atoms with Gasteiger partial charge in [-0.25, -0.2) is 0 Å². The van der Waals surface area contributed by atoms with Gasteiger partial charge in [0.2, 0.25) is 6.79 Å². The molecule has 0 aliphatic carbocycles. The zero-order valence-electron chi connectivity index (χ0n) is 9.05. The van der Waals surface area contributed by atoms with Crippen LogP contribution in [0.1, 0.15) is 10.4 Å². The standard InChI is InChI=1S/C11H12N2O4/c12-8-2-10-9(16-5-17-10)1-7(8)11(15)13-3-6(14)4-13/h1-2,6,14H,3-5,12H2. The normalized spacial score (nSPS) is 18.1. The van der Waals surface area contributed by atoms with E-state index in [4.69, 9.17) is 20.3 Å². The highest BCUT2D eigenvalue weighted by atomic mass is 16.7. The number of aliphatic hydroxyl groups excluding tert-OH is 1. The van der Waals surface area contributed by atoms with Crippen molar-refractivity contribution in [2.75, 3.05) is 25.6 Å². The van der Waals surface area contributed by atoms with Crippen LogP contribution in [0.3, 0.4) is 0 Å². The molecule has 2 aliphatic heterocycles. The number of hydrogen-bond acceptors (Lipinski definition) is 5. The summed E-state index contributed by atoms with van der Waals surface area (Å²) in [5.74, 6) is 0.900. The van der Waals surface area contributed by atoms with Crippen molar-refractivity contribution in [2.24, 2.45) is 0 Å². The molecule has 3 rings (SSSR count). The molecule has 6 heteroatoms. The fourth-order valence-electron chi connectivity index (χ4n) is 1.93. The van der Waals surface area contributed by atoms with E-state index in [1.54, 1.807) is 17.0 Å². The van der Waals surface area contributed by atoms with E-state index >= 15 is 0 Å². The molecule has 1 saturated heterocycles. The van der Waals surface area contributed by atoms with Crippen LogP contribution < -0.4 is 15.2 Å². The van der Waals surface area contributed by atoms with Crippen LogP contribution in [0.15, 0.2) is 12.1 Å². The monoisotopic (exact) mass is 236 g/mol. The van der Waals surface area contributed by atoms with E-state index < -0.39 is 6.10 Å². The molecule has 17 heavy (non-hydrogen) atoms. The zero-order chi connectivity index (χ0) is 12.0. The summed E-state index contributed by atoms with van der Waals surface area (Å²) in [6, 6.07) is 3.18. The molecular formula is C11H12N2O4. The summed E-state index contributed by atoms with van der Waals surface area (Å²) in [5.41, 5.74) is 6.55. The molecule has 90 valence electrons. The number of benzene rings is 1. The minimum atomic E-state index is -0.422. The quantitative estimate of drug-likeness (QED) is 0.660. The molecule has 1 aromatic rings. The van der Waals surface area contributed by atoms with Gasteiger partial charge in [0.15, 0.2) is 11.5 Å². The van der Waals surface area contributed by atoms with Gasteiger partial charge in [0.05, 0.1) is 11.7 Å². The Morgan fingerprint density at radius 3 is 2.65 bits per heavy atom. The molecule has 0 spiro atoms. The summed E-state index contributed by atoms with van der Waals surface area (Å²) in [5, 5.41) is 9.17. The van der Waals surface area contributed by atoms with E-state index in [2.05, 4.69) is 0 Å². The number of fused-ring (bicyclic) bond motifs is 1. The highest BCUT2D eigenvalue weighted by Crippen LogP contribution is 2.36. The van der Waals surface area contributed by atoms with Crippen molar-refractivity contribution >= 4 is 11.6 Å². The van der Waals surface area contributed by atoms with Crippen LogP contribution in [0.2, 0.25) is 0 Å². The predicted octanol–water partition coefficient (Wildman–Crippen LogP) is -0.186. The fourth-order valence-corrected chi connectivity index (χ4v) is 1.93. The number of carbonyl (C=O) groups is 1. The van der Waals surface area contributed by atoms with Crippen LogP contribution in [0.4, 0.5) is 5.69 Å². The Morgan fingerprint density at radius 2 is 2.00 bits per heavy atom. The molecule has 1 aromatic carbocycles. The summed E-state index contributed by atoms with van der Waals surface area (Å²) in [4.78, 5) is 13.6. The Labute approximate surface area is 97.5 Å². The number of ether oxygens (including phenoxy) is 2. The van der Waals surface area contributed by atoms with Crippen molar-refractivity contribution in [3.63, 3.8) is 0 Å². The van der Waals surface area contributed by atoms with Gasteiger partial charge in [0.25, 0.3) is 5.91 Å². The molecular weight excluding hydrogens is 224 g/mol. The Kier molecular flexibility index (Phi) is 2.12. The average Bonchev–Trinajstić information content (AvgIpc) is 2.69. The number of β-amino-alcohol motifs (C(OH)–C–C–N with tert-alkyl or cyclic N) is 1. The highest BCUT2D eigenvalue weighted by Gasteiger charge is 2.31. The first kappa shape index (κ1) is 10.2. The van der Waals surface area contributed by atoms with Crippen LogP contribution in [0.25, 0.3) is 0 Å². The number of carbonyl (C=O) groups excluding carboxylic acids is 1. The zero-order valence-corrected chi connectivity index (χ0v) is 9.05. The van der Waals surface area contributed by atoms with Gasteiger partial charge in [-0.05, 0) is 6.07 Å². The lowest BCUT2D eigenvalue weighted by atomic mass is 10.1. The van der Waals surface area contributed by atoms with Crippen molar-refractivity contribution in [1.82, 2.24) is 4.90 Å². The molecule has 0 bridgehead atoms. The molecule has 0 unspecified atom stereocenters. The molecule has 1 amide bonds. The molecule has 0 atom stereocenters. The van der Waals surface area contributed by atoms with Crippen LogP contribution in [0.5, 0.6) is 11.5 Å². The van der Waals surface area contributed by atoms with Gasteiger partial charge >= 0.3 is 0 Å². The number of nitrogens with two attached hydrogens (primary N) is 1. The molecule has 6 nitrogen and oxygen atoms in total. The van der Waals surface area contributed by atoms with E-state index in [1.807, 2.05) is 0 Å². The minimum Gasteiger partial charge on any atom is -0.454 e. The summed E-state index contributed by atoms with van der Waals surface area (Å²) in [6.45, 7) is 0.855. The number of hydrogen-bond donors (Lipinski definition) is 2. The molecule has 1 fully saturated rings. The minimum absolute atomic E-state index is 0.148. The van der Waals surface area contributed by atoms with Crippen LogP contribution in [-0.4, -0.2) is 41.9 Å². The van der Waals surface area contributed by atoms with Crippen molar-refractivity contribution in [1.29, 1.82) is 0 Å². The Balaban J connectivity index is 1.90. The molecule has 0 aromatic heterocycles. The van der Waals surface area contributed by atoms with Gasteiger partial charge in [-0.1, -0.05) is 0 Å². The predicted molar refractivity (Wildman–Crippen MR) is 58.9 cm³/mol. The first-order valence-electron chi connectivity index (χ1n) is 5.31. The van der Waals surface area contributed by atoms with Crippen LogP contribution in [0, 0.1) is 0 Å². The van der Waals surface area contributed by atoms with Crippen LogP contribution in [-0.2, 0) is 0 Å². The van der Waals surface area contributed by atoms with Gasteiger partial charge in [-0.2, -0.15) is 0 Å². The topological polar surface area (TPSA) is 85.0 Å². The molecule has 2 heterocycles. The number of aliphatic hydroxyl groups is 1. The second-order valence-electron chi connectivity index (χ2n) is 4.16. The van der Waals surface area contributed by atoms with E-state index in [1.165, 1.54) is 0 Å². The summed E-state index contributed by atoms with van der Waals surface area (Å²) in [6.07, 6.45) is -0.422. The third-order valence-electron chi connectivity index (χ3n) is 2.92. The van der Waals surface area contributed by atoms with E-state index in [0.29, 0.717) is 35.8 Å². The van der Waals surface area contributed by atoms with Crippen molar-refractivity contribution in [3.05, 3.63) is 17.7 Å². The number of amides is 1. The van der Waals surface area contributed by atoms with Gasteiger partial charge in [0.1, 0.15) is 0 Å². The Bertz CT molecular complexity index is 483. The largest absolute Gasteiger partial charge is 0.454 e. The van der Waals surface area contributed by atoms with Gasteiger partial charge in [0, 0.05) is 24.8 Å². The Hall–Kier alpha value is -1.95. The van der Waals surface area contributed by atoms with E-state index in [-0.39, 0.29) is 12.7 Å². The SMILES string of the molecule is Nc1cc2c(cc1C(=O)N1CC(O)C1)OCO2. The highest BCUT2D eigenvalue weighted by molar-refractivity contribution is 6.00. The lowest BCUT2D eigenvalue weighted by molar-refractivity contribution is 0.00595. The van der Waals surface area contributed by atoms with Crippen molar-refractivity contribution in [2.45, 2.75) is 6.10 Å². The first-order chi connectivity index (χ1) is 8.15. The molecule has 0 saturated carbocycles. The summed E-state index contributed by atoms with van der Waals surface area (Å²) in [7, 11) is 0. The second kappa shape index (κ2) is 3.53. The second-order valence-corrected chi connectivity index (χ2v) is 4.16. The number of anilines is 1. The van der Waals surface area contributed by atoms with Gasteiger partial charge < -0.3 is 25.2 Å². The van der Waals surface area contributed by atoms with Gasteiger partial charge in [-0.3, -0.25) is 4.79 Å². The number of rotatable bonds is 1. The average molecular weight is 236 g/mol. The number of nitrogens with zero attached hydrogens (tertiary/aromatic N) is 1. The van der Waals surface area contributed by atoms with Gasteiger partial charge in [-0.15, -0.1) is 0 Å². The maximum atomic E-state index is 12.0. The lowest BCUT2D eigenvalue weighted by Gasteiger charge is -2.36. The maximum Gasteiger partial charge on any atom is 0.256 e. The summed E-state index contributed by atoms with van der Waals surface area (Å²) >= 11 is 0. The lowest BCUT2D eigenvalue weighted by Crippen LogP contribution is -2.53. The van der Waals surface area contributed by atoms with Crippen molar-refractivity contribution in [3.8, 4) is 11.5 Å². The smallest absolute Gasteiger partial charge is 0.256 e.